The summed E-state index contributed by atoms with van der Waals surface area (Å²) < 4.78 is 8.52. The maximum absolute atomic E-state index is 4.39. The van der Waals surface area contributed by atoms with Gasteiger partial charge in [-0.15, -0.1) is 0 Å². The highest BCUT2D eigenvalue weighted by Gasteiger charge is 2.16. The summed E-state index contributed by atoms with van der Waals surface area (Å²) in [6.07, 6.45) is 5.28. The predicted molar refractivity (Wildman–Crippen MR) is 80.5 cm³/mol. The van der Waals surface area contributed by atoms with Crippen LogP contribution in [0.1, 0.15) is 49.6 Å². The van der Waals surface area contributed by atoms with E-state index in [1.54, 1.807) is 0 Å². The summed E-state index contributed by atoms with van der Waals surface area (Å²) in [7, 11) is 0. The van der Waals surface area contributed by atoms with Crippen molar-refractivity contribution in [2.45, 2.75) is 39.2 Å². The molecule has 0 bridgehead atoms. The van der Waals surface area contributed by atoms with Crippen LogP contribution in [0.5, 0.6) is 0 Å². The summed E-state index contributed by atoms with van der Waals surface area (Å²) in [6.45, 7) is 5.38. The molecule has 2 aromatic rings. The number of hydrogen-bond acceptors (Lipinski definition) is 4. The molecule has 0 saturated carbocycles. The van der Waals surface area contributed by atoms with Crippen LogP contribution in [0.4, 0.5) is 0 Å². The first kappa shape index (κ1) is 14.2. The number of benzene rings is 1. The summed E-state index contributed by atoms with van der Waals surface area (Å²) in [5.41, 5.74) is 3.70. The Hall–Kier alpha value is -1.26. The molecular formula is C15H21N3S. The van der Waals surface area contributed by atoms with E-state index in [-0.39, 0.29) is 6.04 Å². The van der Waals surface area contributed by atoms with Gasteiger partial charge < -0.3 is 5.32 Å². The minimum Gasteiger partial charge on any atom is -0.305 e. The smallest absolute Gasteiger partial charge is 0.0957 e. The number of nitrogens with zero attached hydrogens (tertiary/aromatic N) is 2. The van der Waals surface area contributed by atoms with Crippen molar-refractivity contribution >= 4 is 11.7 Å². The van der Waals surface area contributed by atoms with E-state index < -0.39 is 0 Å². The van der Waals surface area contributed by atoms with Crippen molar-refractivity contribution in [2.24, 2.45) is 0 Å². The minimum atomic E-state index is 0.163. The first-order valence-corrected chi connectivity index (χ1v) is 7.67. The molecule has 0 saturated heterocycles. The second-order valence-electron chi connectivity index (χ2n) is 4.71. The molecule has 0 aliphatic rings. The summed E-state index contributed by atoms with van der Waals surface area (Å²) in [5, 5.41) is 3.56. The molecule has 0 aliphatic heterocycles. The predicted octanol–water partition coefficient (Wildman–Crippen LogP) is 3.58. The number of rotatable bonds is 7. The van der Waals surface area contributed by atoms with Crippen LogP contribution in [-0.2, 0) is 6.42 Å². The van der Waals surface area contributed by atoms with Gasteiger partial charge in [0.1, 0.15) is 0 Å². The van der Waals surface area contributed by atoms with Crippen LogP contribution in [0.3, 0.4) is 0 Å². The van der Waals surface area contributed by atoms with Gasteiger partial charge in [-0.3, -0.25) is 0 Å². The summed E-state index contributed by atoms with van der Waals surface area (Å²) in [5.74, 6) is 0. The zero-order valence-corrected chi connectivity index (χ0v) is 12.4. The molecule has 4 heteroatoms. The monoisotopic (exact) mass is 275 g/mol. The van der Waals surface area contributed by atoms with Crippen molar-refractivity contribution in [3.05, 3.63) is 47.3 Å². The lowest BCUT2D eigenvalue weighted by molar-refractivity contribution is 0.589. The van der Waals surface area contributed by atoms with Gasteiger partial charge in [-0.2, -0.15) is 8.75 Å². The average molecular weight is 275 g/mol. The van der Waals surface area contributed by atoms with E-state index in [1.807, 2.05) is 6.20 Å². The molecule has 19 heavy (non-hydrogen) atoms. The molecule has 1 aromatic carbocycles. The molecule has 1 heterocycles. The average Bonchev–Trinajstić information content (AvgIpc) is 2.94. The Morgan fingerprint density at radius 1 is 1.26 bits per heavy atom. The first-order chi connectivity index (χ1) is 9.35. The molecule has 1 unspecified atom stereocenters. The van der Waals surface area contributed by atoms with E-state index in [1.165, 1.54) is 29.3 Å². The number of nitrogens with one attached hydrogen (secondary N) is 1. The normalized spacial score (nSPS) is 12.5. The van der Waals surface area contributed by atoms with Gasteiger partial charge in [0, 0.05) is 0 Å². The zero-order chi connectivity index (χ0) is 13.5. The zero-order valence-electron chi connectivity index (χ0n) is 11.6. The van der Waals surface area contributed by atoms with Gasteiger partial charge in [-0.05, 0) is 30.5 Å². The van der Waals surface area contributed by atoms with Crippen LogP contribution in [0, 0.1) is 0 Å². The fraction of sp³-hybridized carbons (Fsp3) is 0.467. The van der Waals surface area contributed by atoms with Crippen LogP contribution in [-0.4, -0.2) is 15.3 Å². The summed E-state index contributed by atoms with van der Waals surface area (Å²) >= 11 is 1.27. The topological polar surface area (TPSA) is 37.8 Å². The second kappa shape index (κ2) is 7.36. The van der Waals surface area contributed by atoms with Crippen molar-refractivity contribution in [1.82, 2.24) is 14.1 Å². The fourth-order valence-corrected chi connectivity index (χ4v) is 2.65. The second-order valence-corrected chi connectivity index (χ2v) is 5.27. The van der Waals surface area contributed by atoms with Crippen molar-refractivity contribution in [3.63, 3.8) is 0 Å². The maximum Gasteiger partial charge on any atom is 0.0957 e. The van der Waals surface area contributed by atoms with Gasteiger partial charge in [0.2, 0.25) is 0 Å². The first-order valence-electron chi connectivity index (χ1n) is 6.94. The SMILES string of the molecule is CCCNC(c1cccc(CCC)c1)c1cnsn1. The molecule has 1 N–H and O–H groups in total. The van der Waals surface area contributed by atoms with E-state index in [2.05, 4.69) is 52.2 Å². The Kier molecular flexibility index (Phi) is 5.48. The van der Waals surface area contributed by atoms with Crippen LogP contribution >= 0.6 is 11.7 Å². The molecular weight excluding hydrogens is 254 g/mol. The highest BCUT2D eigenvalue weighted by Crippen LogP contribution is 2.22. The van der Waals surface area contributed by atoms with E-state index >= 15 is 0 Å². The van der Waals surface area contributed by atoms with E-state index in [0.717, 1.165) is 25.1 Å². The lowest BCUT2D eigenvalue weighted by atomic mass is 10.00. The van der Waals surface area contributed by atoms with Crippen LogP contribution in [0.2, 0.25) is 0 Å². The van der Waals surface area contributed by atoms with E-state index in [9.17, 15) is 0 Å². The molecule has 1 atom stereocenters. The summed E-state index contributed by atoms with van der Waals surface area (Å²) in [4.78, 5) is 0. The Morgan fingerprint density at radius 3 is 2.84 bits per heavy atom. The third kappa shape index (κ3) is 3.85. The number of aromatic nitrogens is 2. The van der Waals surface area contributed by atoms with Gasteiger partial charge in [0.05, 0.1) is 29.7 Å². The van der Waals surface area contributed by atoms with Crippen molar-refractivity contribution in [2.75, 3.05) is 6.54 Å². The molecule has 3 nitrogen and oxygen atoms in total. The third-order valence-electron chi connectivity index (χ3n) is 3.10. The fourth-order valence-electron chi connectivity index (χ4n) is 2.20. The quantitative estimate of drug-likeness (QED) is 0.839. The molecule has 1 aromatic heterocycles. The molecule has 0 radical (unpaired) electrons. The molecule has 0 amide bonds. The number of hydrogen-bond donors (Lipinski definition) is 1. The summed E-state index contributed by atoms with van der Waals surface area (Å²) in [6, 6.07) is 8.96. The number of aryl methyl sites for hydroxylation is 1. The molecule has 2 rings (SSSR count). The molecule has 102 valence electrons. The lowest BCUT2D eigenvalue weighted by Crippen LogP contribution is -2.23. The molecule has 0 spiro atoms. The lowest BCUT2D eigenvalue weighted by Gasteiger charge is -2.17. The Labute approximate surface area is 119 Å². The van der Waals surface area contributed by atoms with Gasteiger partial charge >= 0.3 is 0 Å². The van der Waals surface area contributed by atoms with Gasteiger partial charge in [0.15, 0.2) is 0 Å². The van der Waals surface area contributed by atoms with Gasteiger partial charge in [-0.1, -0.05) is 44.5 Å². The maximum atomic E-state index is 4.39. The van der Waals surface area contributed by atoms with Crippen LogP contribution in [0.25, 0.3) is 0 Å². The Morgan fingerprint density at radius 2 is 2.16 bits per heavy atom. The Bertz CT molecular complexity index is 482. The van der Waals surface area contributed by atoms with Crippen molar-refractivity contribution < 1.29 is 0 Å². The molecule has 0 fully saturated rings. The Balaban J connectivity index is 2.24. The van der Waals surface area contributed by atoms with Crippen molar-refractivity contribution in [1.29, 1.82) is 0 Å². The van der Waals surface area contributed by atoms with Gasteiger partial charge in [-0.25, -0.2) is 0 Å². The highest BCUT2D eigenvalue weighted by molar-refractivity contribution is 6.99. The molecule has 0 aliphatic carbocycles. The van der Waals surface area contributed by atoms with Gasteiger partial charge in [0.25, 0.3) is 0 Å². The highest BCUT2D eigenvalue weighted by atomic mass is 32.1. The van der Waals surface area contributed by atoms with Crippen molar-refractivity contribution in [3.8, 4) is 0 Å². The van der Waals surface area contributed by atoms with Crippen LogP contribution < -0.4 is 5.32 Å². The van der Waals surface area contributed by atoms with Crippen LogP contribution in [0.15, 0.2) is 30.5 Å². The van der Waals surface area contributed by atoms with E-state index in [0.29, 0.717) is 0 Å². The van der Waals surface area contributed by atoms with E-state index in [4.69, 9.17) is 0 Å². The standard InChI is InChI=1S/C15H21N3S/c1-3-6-12-7-5-8-13(10-12)15(16-9-4-2)14-11-17-19-18-14/h5,7-8,10-11,15-16H,3-4,6,9H2,1-2H3. The largest absolute Gasteiger partial charge is 0.305 e. The minimum absolute atomic E-state index is 0.163. The third-order valence-corrected chi connectivity index (χ3v) is 3.59.